The van der Waals surface area contributed by atoms with E-state index in [1.807, 2.05) is 0 Å². The van der Waals surface area contributed by atoms with Gasteiger partial charge in [-0.05, 0) is 35.4 Å². The second-order valence-corrected chi connectivity index (χ2v) is 4.82. The molecule has 0 fully saturated rings. The maximum atomic E-state index is 11.6. The Bertz CT molecular complexity index is 648. The van der Waals surface area contributed by atoms with Gasteiger partial charge in [0.2, 0.25) is 0 Å². The smallest absolute Gasteiger partial charge is 0.312 e. The molecule has 0 amide bonds. The van der Waals surface area contributed by atoms with Crippen LogP contribution in [0.4, 0.5) is 0 Å². The van der Waals surface area contributed by atoms with Gasteiger partial charge in [-0.15, -0.1) is 0 Å². The molecule has 4 N–H and O–H groups in total. The van der Waals surface area contributed by atoms with E-state index in [9.17, 15) is 30.0 Å². The van der Waals surface area contributed by atoms with Gasteiger partial charge in [-0.2, -0.15) is 0 Å². The van der Waals surface area contributed by atoms with Gasteiger partial charge < -0.3 is 20.4 Å². The summed E-state index contributed by atoms with van der Waals surface area (Å²) >= 11 is 0. The number of aromatic hydroxyl groups is 2. The van der Waals surface area contributed by atoms with Crippen LogP contribution in [-0.2, 0) is 9.59 Å². The summed E-state index contributed by atoms with van der Waals surface area (Å²) < 4.78 is 0. The van der Waals surface area contributed by atoms with Crippen LogP contribution in [0.15, 0.2) is 48.5 Å². The third-order valence-electron chi connectivity index (χ3n) is 3.32. The topological polar surface area (TPSA) is 115 Å². The number of carboxylic acids is 2. The van der Waals surface area contributed by atoms with Crippen molar-refractivity contribution in [2.45, 2.75) is 11.8 Å². The van der Waals surface area contributed by atoms with Crippen molar-refractivity contribution in [3.8, 4) is 11.5 Å². The zero-order valence-corrected chi connectivity index (χ0v) is 11.4. The summed E-state index contributed by atoms with van der Waals surface area (Å²) in [5.41, 5.74) is 0.339. The molecule has 6 heteroatoms. The van der Waals surface area contributed by atoms with Crippen molar-refractivity contribution in [3.63, 3.8) is 0 Å². The minimum absolute atomic E-state index is 0.149. The average Bonchev–Trinajstić information content (AvgIpc) is 2.43. The number of carbonyl (C=O) groups is 2. The fourth-order valence-electron chi connectivity index (χ4n) is 2.39. The van der Waals surface area contributed by atoms with Crippen LogP contribution in [0.3, 0.4) is 0 Å². The molecule has 6 nitrogen and oxygen atoms in total. The van der Waals surface area contributed by atoms with Crippen LogP contribution in [0.1, 0.15) is 23.0 Å². The van der Waals surface area contributed by atoms with Crippen LogP contribution in [0, 0.1) is 0 Å². The molecule has 0 bridgehead atoms. The average molecular weight is 302 g/mol. The number of phenols is 2. The van der Waals surface area contributed by atoms with Crippen LogP contribution >= 0.6 is 0 Å². The lowest BCUT2D eigenvalue weighted by Crippen LogP contribution is -2.26. The number of carboxylic acid groups (broad SMARTS) is 2. The van der Waals surface area contributed by atoms with E-state index in [0.29, 0.717) is 0 Å². The fourth-order valence-corrected chi connectivity index (χ4v) is 2.39. The van der Waals surface area contributed by atoms with E-state index in [4.69, 9.17) is 0 Å². The van der Waals surface area contributed by atoms with Gasteiger partial charge in [-0.3, -0.25) is 9.59 Å². The van der Waals surface area contributed by atoms with Crippen molar-refractivity contribution >= 4 is 11.9 Å². The summed E-state index contributed by atoms with van der Waals surface area (Å²) in [7, 11) is 0. The van der Waals surface area contributed by atoms with E-state index in [1.54, 1.807) is 0 Å². The largest absolute Gasteiger partial charge is 0.508 e. The van der Waals surface area contributed by atoms with Crippen LogP contribution in [-0.4, -0.2) is 32.4 Å². The molecule has 2 aromatic rings. The van der Waals surface area contributed by atoms with Gasteiger partial charge in [0.05, 0.1) is 11.8 Å². The standard InChI is InChI=1S/C16H14O6/c17-11-5-1-3-9(7-11)13(15(19)20)14(16(21)22)10-4-2-6-12(18)8-10/h1-8,13-14,17-18H,(H,19,20)(H,21,22). The van der Waals surface area contributed by atoms with Crippen molar-refractivity contribution in [3.05, 3.63) is 59.7 Å². The molecule has 0 aromatic heterocycles. The molecule has 0 radical (unpaired) electrons. The van der Waals surface area contributed by atoms with Crippen LogP contribution < -0.4 is 0 Å². The third-order valence-corrected chi connectivity index (χ3v) is 3.32. The normalized spacial score (nSPS) is 13.3. The number of hydrogen-bond acceptors (Lipinski definition) is 4. The molecule has 0 aliphatic heterocycles. The summed E-state index contributed by atoms with van der Waals surface area (Å²) in [6.07, 6.45) is 0. The Morgan fingerprint density at radius 3 is 1.36 bits per heavy atom. The van der Waals surface area contributed by atoms with Crippen molar-refractivity contribution in [1.29, 1.82) is 0 Å². The van der Waals surface area contributed by atoms with Crippen LogP contribution in [0.25, 0.3) is 0 Å². The number of hydrogen-bond donors (Lipinski definition) is 4. The first-order chi connectivity index (χ1) is 10.4. The maximum Gasteiger partial charge on any atom is 0.312 e. The van der Waals surface area contributed by atoms with Gasteiger partial charge in [0.1, 0.15) is 11.5 Å². The van der Waals surface area contributed by atoms with Crippen LogP contribution in [0.2, 0.25) is 0 Å². The van der Waals surface area contributed by atoms with Gasteiger partial charge in [0, 0.05) is 0 Å². The molecule has 2 atom stereocenters. The lowest BCUT2D eigenvalue weighted by molar-refractivity contribution is -0.147. The summed E-state index contributed by atoms with van der Waals surface area (Å²) in [6, 6.07) is 11.0. The molecule has 0 heterocycles. The Hall–Kier alpha value is -3.02. The van der Waals surface area contributed by atoms with Crippen molar-refractivity contribution in [1.82, 2.24) is 0 Å². The van der Waals surface area contributed by atoms with Gasteiger partial charge in [0.25, 0.3) is 0 Å². The second-order valence-electron chi connectivity index (χ2n) is 4.82. The molecule has 0 saturated heterocycles. The zero-order valence-electron chi connectivity index (χ0n) is 11.4. The second kappa shape index (κ2) is 6.17. The highest BCUT2D eigenvalue weighted by Crippen LogP contribution is 2.36. The molecule has 2 aromatic carbocycles. The van der Waals surface area contributed by atoms with E-state index in [-0.39, 0.29) is 22.6 Å². The molecule has 0 saturated carbocycles. The molecule has 2 rings (SSSR count). The number of benzene rings is 2. The maximum absolute atomic E-state index is 11.6. The number of aliphatic carboxylic acids is 2. The van der Waals surface area contributed by atoms with E-state index in [0.717, 1.165) is 0 Å². The SMILES string of the molecule is O=C(O)C(c1cccc(O)c1)C(C(=O)O)c1cccc(O)c1. The zero-order chi connectivity index (χ0) is 16.3. The third kappa shape index (κ3) is 3.17. The Balaban J connectivity index is 2.56. The molecular formula is C16H14O6. The molecule has 114 valence electrons. The highest BCUT2D eigenvalue weighted by molar-refractivity contribution is 5.88. The minimum atomic E-state index is -1.40. The molecule has 0 spiro atoms. The molecule has 22 heavy (non-hydrogen) atoms. The van der Waals surface area contributed by atoms with Crippen LogP contribution in [0.5, 0.6) is 11.5 Å². The molecular weight excluding hydrogens is 288 g/mol. The number of phenolic OH excluding ortho intramolecular Hbond substituents is 2. The lowest BCUT2D eigenvalue weighted by atomic mass is 9.81. The predicted molar refractivity (Wildman–Crippen MR) is 77.0 cm³/mol. The van der Waals surface area contributed by atoms with Gasteiger partial charge in [-0.25, -0.2) is 0 Å². The van der Waals surface area contributed by atoms with Gasteiger partial charge >= 0.3 is 11.9 Å². The highest BCUT2D eigenvalue weighted by atomic mass is 16.4. The fraction of sp³-hybridized carbons (Fsp3) is 0.125. The van der Waals surface area contributed by atoms with Gasteiger partial charge in [-0.1, -0.05) is 24.3 Å². The quantitative estimate of drug-likeness (QED) is 0.672. The Morgan fingerprint density at radius 2 is 1.09 bits per heavy atom. The molecule has 0 aliphatic carbocycles. The molecule has 2 unspecified atom stereocenters. The Kier molecular flexibility index (Phi) is 4.31. The minimum Gasteiger partial charge on any atom is -0.508 e. The van der Waals surface area contributed by atoms with E-state index in [1.165, 1.54) is 48.5 Å². The first-order valence-corrected chi connectivity index (χ1v) is 6.43. The first-order valence-electron chi connectivity index (χ1n) is 6.43. The first kappa shape index (κ1) is 15.4. The Morgan fingerprint density at radius 1 is 0.727 bits per heavy atom. The van der Waals surface area contributed by atoms with E-state index >= 15 is 0 Å². The van der Waals surface area contributed by atoms with Crippen molar-refractivity contribution in [2.75, 3.05) is 0 Å². The summed E-state index contributed by atoms with van der Waals surface area (Å²) in [5, 5.41) is 37.9. The molecule has 0 aliphatic rings. The summed E-state index contributed by atoms with van der Waals surface area (Å²) in [4.78, 5) is 23.2. The summed E-state index contributed by atoms with van der Waals surface area (Å²) in [5.74, 6) is -5.76. The van der Waals surface area contributed by atoms with E-state index in [2.05, 4.69) is 0 Å². The van der Waals surface area contributed by atoms with E-state index < -0.39 is 23.8 Å². The van der Waals surface area contributed by atoms with Crippen molar-refractivity contribution in [2.24, 2.45) is 0 Å². The van der Waals surface area contributed by atoms with Crippen molar-refractivity contribution < 1.29 is 30.0 Å². The highest BCUT2D eigenvalue weighted by Gasteiger charge is 2.36. The lowest BCUT2D eigenvalue weighted by Gasteiger charge is -2.21. The summed E-state index contributed by atoms with van der Waals surface area (Å²) in [6.45, 7) is 0. The van der Waals surface area contributed by atoms with Gasteiger partial charge in [0.15, 0.2) is 0 Å². The Labute approximate surface area is 125 Å². The monoisotopic (exact) mass is 302 g/mol. The predicted octanol–water partition coefficient (Wildman–Crippen LogP) is 2.13. The number of rotatable bonds is 5.